The number of nitrogens with one attached hydrogen (secondary N) is 2. The summed E-state index contributed by atoms with van der Waals surface area (Å²) in [5, 5.41) is 11.0. The topological polar surface area (TPSA) is 62.2 Å². The number of carbonyl (C=O) groups is 1. The van der Waals surface area contributed by atoms with Crippen LogP contribution in [0.4, 0.5) is 4.79 Å². The highest BCUT2D eigenvalue weighted by Crippen LogP contribution is 2.17. The summed E-state index contributed by atoms with van der Waals surface area (Å²) in [7, 11) is 0. The average molecular weight is 341 g/mol. The van der Waals surface area contributed by atoms with Gasteiger partial charge in [-0.1, -0.05) is 30.3 Å². The van der Waals surface area contributed by atoms with E-state index < -0.39 is 0 Å². The number of nitrogens with zero attached hydrogens (tertiary/aromatic N) is 3. The van der Waals surface area contributed by atoms with Gasteiger partial charge in [0.2, 0.25) is 0 Å². The van der Waals surface area contributed by atoms with Crippen molar-refractivity contribution in [3.63, 3.8) is 0 Å². The van der Waals surface area contributed by atoms with E-state index in [1.165, 1.54) is 11.1 Å². The van der Waals surface area contributed by atoms with Crippen LogP contribution in [0.2, 0.25) is 0 Å². The molecular formula is C19H27N5O. The van der Waals surface area contributed by atoms with Crippen molar-refractivity contribution in [3.8, 4) is 0 Å². The molecule has 1 aliphatic heterocycles. The van der Waals surface area contributed by atoms with Gasteiger partial charge in [-0.25, -0.2) is 4.79 Å². The lowest BCUT2D eigenvalue weighted by molar-refractivity contribution is 0.208. The number of amides is 2. The molecule has 25 heavy (non-hydrogen) atoms. The van der Waals surface area contributed by atoms with Crippen LogP contribution in [0.3, 0.4) is 0 Å². The number of carbonyl (C=O) groups excluding carboxylic acids is 1. The second-order valence-corrected chi connectivity index (χ2v) is 6.61. The van der Waals surface area contributed by atoms with Gasteiger partial charge in [0.1, 0.15) is 0 Å². The molecule has 0 unspecified atom stereocenters. The molecule has 0 radical (unpaired) electrons. The number of rotatable bonds is 6. The molecule has 0 bridgehead atoms. The molecule has 2 aromatic rings. The lowest BCUT2D eigenvalue weighted by atomic mass is 10.1. The van der Waals surface area contributed by atoms with Gasteiger partial charge in [-0.3, -0.25) is 4.68 Å². The zero-order valence-corrected chi connectivity index (χ0v) is 15.0. The summed E-state index contributed by atoms with van der Waals surface area (Å²) >= 11 is 0. The Morgan fingerprint density at radius 1 is 1.36 bits per heavy atom. The molecule has 2 amide bonds. The van der Waals surface area contributed by atoms with Crippen LogP contribution >= 0.6 is 0 Å². The molecule has 1 fully saturated rings. The minimum absolute atomic E-state index is 0.0372. The van der Waals surface area contributed by atoms with Gasteiger partial charge in [-0.2, -0.15) is 5.10 Å². The maximum atomic E-state index is 11.9. The van der Waals surface area contributed by atoms with E-state index in [0.717, 1.165) is 26.1 Å². The van der Waals surface area contributed by atoms with Crippen LogP contribution < -0.4 is 10.6 Å². The molecule has 134 valence electrons. The largest absolute Gasteiger partial charge is 0.338 e. The molecule has 3 rings (SSSR count). The van der Waals surface area contributed by atoms with Gasteiger partial charge in [-0.05, 0) is 25.8 Å². The molecular weight excluding hydrogens is 314 g/mol. The van der Waals surface area contributed by atoms with Crippen LogP contribution in [0.25, 0.3) is 0 Å². The average Bonchev–Trinajstić information content (AvgIpc) is 3.26. The number of aromatic nitrogens is 2. The predicted octanol–water partition coefficient (Wildman–Crippen LogP) is 2.39. The van der Waals surface area contributed by atoms with E-state index in [0.29, 0.717) is 12.6 Å². The molecule has 2 atom stereocenters. The van der Waals surface area contributed by atoms with E-state index in [-0.39, 0.29) is 12.1 Å². The minimum atomic E-state index is 0.0372. The lowest BCUT2D eigenvalue weighted by Gasteiger charge is -2.20. The van der Waals surface area contributed by atoms with E-state index in [1.54, 1.807) is 0 Å². The summed E-state index contributed by atoms with van der Waals surface area (Å²) in [5.41, 5.74) is 2.42. The summed E-state index contributed by atoms with van der Waals surface area (Å²) < 4.78 is 1.97. The maximum Gasteiger partial charge on any atom is 0.317 e. The fraction of sp³-hybridized carbons (Fsp3) is 0.474. The molecule has 1 aliphatic rings. The van der Waals surface area contributed by atoms with Crippen molar-refractivity contribution >= 4 is 6.03 Å². The fourth-order valence-electron chi connectivity index (χ4n) is 3.25. The number of hydrogen-bond donors (Lipinski definition) is 2. The normalized spacial score (nSPS) is 18.3. The highest BCUT2D eigenvalue weighted by atomic mass is 16.2. The number of likely N-dealkylation sites (tertiary alicyclic amines) is 1. The Balaban J connectivity index is 1.52. The Hall–Kier alpha value is -2.34. The van der Waals surface area contributed by atoms with E-state index in [4.69, 9.17) is 0 Å². The Labute approximate surface area is 149 Å². The number of hydrogen-bond acceptors (Lipinski definition) is 3. The summed E-state index contributed by atoms with van der Waals surface area (Å²) in [5.74, 6) is 0. The summed E-state index contributed by atoms with van der Waals surface area (Å²) in [4.78, 5) is 13.8. The molecule has 0 saturated carbocycles. The molecule has 0 aliphatic carbocycles. The highest BCUT2D eigenvalue weighted by molar-refractivity contribution is 5.74. The van der Waals surface area contributed by atoms with Crippen LogP contribution in [0.1, 0.15) is 37.4 Å². The van der Waals surface area contributed by atoms with Crippen LogP contribution in [0.15, 0.2) is 42.7 Å². The standard InChI is InChI=1S/C19H27N5O/c1-3-20-19(25)23-10-9-18(14-23)22-15(2)17-11-21-24(13-17)12-16-7-5-4-6-8-16/h4-8,11,13,15,18,22H,3,9-10,12,14H2,1-2H3,(H,20,25)/t15-,18+/m0/s1. The quantitative estimate of drug-likeness (QED) is 0.848. The van der Waals surface area contributed by atoms with Crippen molar-refractivity contribution < 1.29 is 4.79 Å². The predicted molar refractivity (Wildman–Crippen MR) is 98.4 cm³/mol. The minimum Gasteiger partial charge on any atom is -0.338 e. The zero-order valence-electron chi connectivity index (χ0n) is 15.0. The first-order chi connectivity index (χ1) is 12.2. The van der Waals surface area contributed by atoms with E-state index in [1.807, 2.05) is 40.9 Å². The molecule has 2 N–H and O–H groups in total. The van der Waals surface area contributed by atoms with Crippen molar-refractivity contribution in [2.45, 2.75) is 38.9 Å². The Morgan fingerprint density at radius 3 is 2.92 bits per heavy atom. The SMILES string of the molecule is CCNC(=O)N1CC[C@@H](N[C@@H](C)c2cnn(Cc3ccccc3)c2)C1. The van der Waals surface area contributed by atoms with Crippen molar-refractivity contribution in [3.05, 3.63) is 53.9 Å². The summed E-state index contributed by atoms with van der Waals surface area (Å²) in [6.45, 7) is 7.11. The summed E-state index contributed by atoms with van der Waals surface area (Å²) in [6.07, 6.45) is 5.01. The third kappa shape index (κ3) is 4.60. The van der Waals surface area contributed by atoms with E-state index in [2.05, 4.69) is 41.0 Å². The van der Waals surface area contributed by atoms with Gasteiger partial charge in [-0.15, -0.1) is 0 Å². The monoisotopic (exact) mass is 341 g/mol. The van der Waals surface area contributed by atoms with Crippen LogP contribution in [0.5, 0.6) is 0 Å². The first-order valence-electron chi connectivity index (χ1n) is 9.00. The van der Waals surface area contributed by atoms with Crippen LogP contribution in [-0.2, 0) is 6.54 Å². The third-order valence-electron chi connectivity index (χ3n) is 4.63. The van der Waals surface area contributed by atoms with Gasteiger partial charge in [0.05, 0.1) is 12.7 Å². The lowest BCUT2D eigenvalue weighted by Crippen LogP contribution is -2.41. The second kappa shape index (κ2) is 8.16. The molecule has 1 aromatic carbocycles. The van der Waals surface area contributed by atoms with Gasteiger partial charge in [0, 0.05) is 43.5 Å². The van der Waals surface area contributed by atoms with Gasteiger partial charge < -0.3 is 15.5 Å². The Bertz CT molecular complexity index is 684. The zero-order chi connectivity index (χ0) is 17.6. The second-order valence-electron chi connectivity index (χ2n) is 6.61. The number of urea groups is 1. The Morgan fingerprint density at radius 2 is 2.16 bits per heavy atom. The molecule has 1 saturated heterocycles. The first kappa shape index (κ1) is 17.5. The molecule has 2 heterocycles. The van der Waals surface area contributed by atoms with Gasteiger partial charge in [0.15, 0.2) is 0 Å². The van der Waals surface area contributed by atoms with Crippen molar-refractivity contribution in [2.24, 2.45) is 0 Å². The maximum absolute atomic E-state index is 11.9. The fourth-order valence-corrected chi connectivity index (χ4v) is 3.25. The van der Waals surface area contributed by atoms with Crippen molar-refractivity contribution in [2.75, 3.05) is 19.6 Å². The Kier molecular flexibility index (Phi) is 5.71. The van der Waals surface area contributed by atoms with Crippen LogP contribution in [0, 0.1) is 0 Å². The van der Waals surface area contributed by atoms with Gasteiger partial charge >= 0.3 is 6.03 Å². The van der Waals surface area contributed by atoms with Crippen molar-refractivity contribution in [1.29, 1.82) is 0 Å². The smallest absolute Gasteiger partial charge is 0.317 e. The molecule has 1 aromatic heterocycles. The third-order valence-corrected chi connectivity index (χ3v) is 4.63. The van der Waals surface area contributed by atoms with Crippen LogP contribution in [-0.4, -0.2) is 46.4 Å². The molecule has 6 nitrogen and oxygen atoms in total. The van der Waals surface area contributed by atoms with Crippen molar-refractivity contribution in [1.82, 2.24) is 25.3 Å². The van der Waals surface area contributed by atoms with Gasteiger partial charge in [0.25, 0.3) is 0 Å². The highest BCUT2D eigenvalue weighted by Gasteiger charge is 2.27. The summed E-state index contributed by atoms with van der Waals surface area (Å²) in [6, 6.07) is 10.9. The molecule has 6 heteroatoms. The first-order valence-corrected chi connectivity index (χ1v) is 9.00. The van der Waals surface area contributed by atoms with E-state index in [9.17, 15) is 4.79 Å². The van der Waals surface area contributed by atoms with E-state index >= 15 is 0 Å². The number of benzene rings is 1. The molecule has 0 spiro atoms.